The van der Waals surface area contributed by atoms with Crippen molar-refractivity contribution in [1.29, 1.82) is 0 Å². The zero-order valence-electron chi connectivity index (χ0n) is 12.7. The van der Waals surface area contributed by atoms with E-state index in [-0.39, 0.29) is 17.7 Å². The lowest BCUT2D eigenvalue weighted by Gasteiger charge is -2.46. The second-order valence-corrected chi connectivity index (χ2v) is 6.50. The SMILES string of the molecule is C#COC(=O)N1C[C@@H](C)C[C@]2(C)O[C@@H]3C(=O)N(C)C(=O)[C@@H]3[C@H]12. The number of hydrogen-bond acceptors (Lipinski definition) is 5. The number of fused-ring (bicyclic) bond motifs is 3. The Morgan fingerprint density at radius 2 is 2.14 bits per heavy atom. The third kappa shape index (κ3) is 1.83. The molecule has 7 heteroatoms. The van der Waals surface area contributed by atoms with Gasteiger partial charge in [0.2, 0.25) is 5.91 Å². The number of likely N-dealkylation sites (N-methyl/N-ethyl adjacent to an activating group) is 1. The van der Waals surface area contributed by atoms with E-state index in [0.717, 1.165) is 4.90 Å². The first kappa shape index (κ1) is 14.9. The molecule has 5 atom stereocenters. The van der Waals surface area contributed by atoms with Gasteiger partial charge in [0, 0.05) is 13.6 Å². The van der Waals surface area contributed by atoms with Crippen LogP contribution < -0.4 is 0 Å². The molecule has 22 heavy (non-hydrogen) atoms. The largest absolute Gasteiger partial charge is 0.424 e. The highest BCUT2D eigenvalue weighted by Gasteiger charge is 2.66. The van der Waals surface area contributed by atoms with E-state index >= 15 is 0 Å². The van der Waals surface area contributed by atoms with Crippen molar-refractivity contribution in [2.24, 2.45) is 11.8 Å². The third-order valence-electron chi connectivity index (χ3n) is 4.86. The summed E-state index contributed by atoms with van der Waals surface area (Å²) in [4.78, 5) is 39.3. The van der Waals surface area contributed by atoms with Crippen molar-refractivity contribution in [3.8, 4) is 12.5 Å². The van der Waals surface area contributed by atoms with E-state index in [1.165, 1.54) is 11.9 Å². The van der Waals surface area contributed by atoms with Gasteiger partial charge in [-0.25, -0.2) is 4.79 Å². The van der Waals surface area contributed by atoms with E-state index in [2.05, 4.69) is 4.74 Å². The van der Waals surface area contributed by atoms with Gasteiger partial charge in [0.1, 0.15) is 6.11 Å². The molecule has 3 amide bonds. The van der Waals surface area contributed by atoms with Crippen LogP contribution in [0.15, 0.2) is 0 Å². The van der Waals surface area contributed by atoms with E-state index in [0.29, 0.717) is 13.0 Å². The van der Waals surface area contributed by atoms with Crippen LogP contribution in [0.1, 0.15) is 20.3 Å². The van der Waals surface area contributed by atoms with Crippen molar-refractivity contribution >= 4 is 17.9 Å². The lowest BCUT2D eigenvalue weighted by Crippen LogP contribution is -2.60. The lowest BCUT2D eigenvalue weighted by atomic mass is 9.77. The summed E-state index contributed by atoms with van der Waals surface area (Å²) >= 11 is 0. The van der Waals surface area contributed by atoms with Gasteiger partial charge in [0.15, 0.2) is 6.10 Å². The van der Waals surface area contributed by atoms with Crippen molar-refractivity contribution in [2.45, 2.75) is 38.0 Å². The van der Waals surface area contributed by atoms with Gasteiger partial charge in [0.05, 0.1) is 17.6 Å². The first-order valence-corrected chi connectivity index (χ1v) is 7.22. The van der Waals surface area contributed by atoms with E-state index < -0.39 is 29.8 Å². The molecule has 3 heterocycles. The third-order valence-corrected chi connectivity index (χ3v) is 4.86. The summed E-state index contributed by atoms with van der Waals surface area (Å²) in [5, 5.41) is 0. The van der Waals surface area contributed by atoms with Gasteiger partial charge >= 0.3 is 6.09 Å². The Hall–Kier alpha value is -2.07. The highest BCUT2D eigenvalue weighted by atomic mass is 16.6. The topological polar surface area (TPSA) is 76.2 Å². The molecule has 118 valence electrons. The molecule has 0 radical (unpaired) electrons. The van der Waals surface area contributed by atoms with E-state index in [1.807, 2.05) is 20.0 Å². The quantitative estimate of drug-likeness (QED) is 0.472. The van der Waals surface area contributed by atoms with Crippen LogP contribution in [-0.4, -0.2) is 59.0 Å². The van der Waals surface area contributed by atoms with E-state index in [1.54, 1.807) is 0 Å². The molecule has 3 fully saturated rings. The minimum Gasteiger partial charge on any atom is -0.359 e. The molecule has 0 spiro atoms. The molecule has 0 unspecified atom stereocenters. The molecule has 0 N–H and O–H groups in total. The molecule has 3 rings (SSSR count). The van der Waals surface area contributed by atoms with Gasteiger partial charge in [-0.2, -0.15) is 0 Å². The molecule has 0 aromatic heterocycles. The Morgan fingerprint density at radius 1 is 1.45 bits per heavy atom. The fourth-order valence-electron chi connectivity index (χ4n) is 4.17. The fourth-order valence-corrected chi connectivity index (χ4v) is 4.17. The molecule has 0 aromatic rings. The van der Waals surface area contributed by atoms with Gasteiger partial charge in [0.25, 0.3) is 5.91 Å². The van der Waals surface area contributed by atoms with Crippen LogP contribution in [0.25, 0.3) is 0 Å². The number of hydrogen-bond donors (Lipinski definition) is 0. The van der Waals surface area contributed by atoms with Crippen molar-refractivity contribution in [2.75, 3.05) is 13.6 Å². The van der Waals surface area contributed by atoms with Gasteiger partial charge in [-0.1, -0.05) is 13.3 Å². The average molecular weight is 306 g/mol. The number of amides is 3. The van der Waals surface area contributed by atoms with Crippen LogP contribution in [0.5, 0.6) is 0 Å². The minimum atomic E-state index is -0.834. The maximum atomic E-state index is 12.4. The van der Waals surface area contributed by atoms with Crippen molar-refractivity contribution in [1.82, 2.24) is 9.80 Å². The van der Waals surface area contributed by atoms with Crippen LogP contribution in [0, 0.1) is 24.4 Å². The van der Waals surface area contributed by atoms with Crippen molar-refractivity contribution < 1.29 is 23.9 Å². The number of likely N-dealkylation sites (tertiary alicyclic amines) is 2. The van der Waals surface area contributed by atoms with E-state index in [4.69, 9.17) is 11.2 Å². The summed E-state index contributed by atoms with van der Waals surface area (Å²) in [6.07, 6.45) is 6.06. The predicted octanol–water partition coefficient (Wildman–Crippen LogP) is 0.196. The zero-order valence-corrected chi connectivity index (χ0v) is 12.7. The summed E-state index contributed by atoms with van der Waals surface area (Å²) in [5.41, 5.74) is -0.757. The Morgan fingerprint density at radius 3 is 2.77 bits per heavy atom. The molecule has 3 aliphatic heterocycles. The standard InChI is InChI=1S/C15H18N2O5/c1-5-21-14(20)17-7-8(2)6-15(3)11(17)9-10(22-15)13(19)16(4)12(9)18/h1,8-11H,6-7H2,2-4H3/t8-,9-,10-,11-,15-/m0/s1. The molecule has 3 saturated heterocycles. The number of carbonyl (C=O) groups is 3. The number of rotatable bonds is 0. The maximum Gasteiger partial charge on any atom is 0.424 e. The maximum absolute atomic E-state index is 12.4. The second kappa shape index (κ2) is 4.71. The molecule has 0 aromatic carbocycles. The Labute approximate surface area is 128 Å². The molecular weight excluding hydrogens is 288 g/mol. The van der Waals surface area contributed by atoms with Crippen LogP contribution in [-0.2, 0) is 19.1 Å². The summed E-state index contributed by atoms with van der Waals surface area (Å²) in [7, 11) is 1.43. The summed E-state index contributed by atoms with van der Waals surface area (Å²) in [6, 6.07) is -0.545. The van der Waals surface area contributed by atoms with Crippen LogP contribution in [0.4, 0.5) is 4.79 Å². The van der Waals surface area contributed by atoms with Gasteiger partial charge in [-0.15, -0.1) is 0 Å². The van der Waals surface area contributed by atoms with Crippen molar-refractivity contribution in [3.63, 3.8) is 0 Å². The summed E-state index contributed by atoms with van der Waals surface area (Å²) in [5.74, 6) is -1.23. The first-order valence-electron chi connectivity index (χ1n) is 7.22. The Balaban J connectivity index is 2.01. The number of piperidine rings is 1. The second-order valence-electron chi connectivity index (χ2n) is 6.50. The fraction of sp³-hybridized carbons (Fsp3) is 0.667. The monoisotopic (exact) mass is 306 g/mol. The average Bonchev–Trinajstić information content (AvgIpc) is 2.85. The van der Waals surface area contributed by atoms with Gasteiger partial charge in [-0.3, -0.25) is 14.5 Å². The number of carbonyl (C=O) groups excluding carboxylic acids is 3. The van der Waals surface area contributed by atoms with Crippen molar-refractivity contribution in [3.05, 3.63) is 0 Å². The molecule has 0 aliphatic carbocycles. The van der Waals surface area contributed by atoms with E-state index in [9.17, 15) is 14.4 Å². The summed E-state index contributed by atoms with van der Waals surface area (Å²) < 4.78 is 10.6. The highest BCUT2D eigenvalue weighted by Crippen LogP contribution is 2.48. The number of nitrogens with zero attached hydrogens (tertiary/aromatic N) is 2. The first-order chi connectivity index (χ1) is 10.3. The Kier molecular flexibility index (Phi) is 3.18. The number of ether oxygens (including phenoxy) is 2. The number of imide groups is 1. The highest BCUT2D eigenvalue weighted by molar-refractivity contribution is 6.07. The Bertz CT molecular complexity index is 597. The molecular formula is C15H18N2O5. The smallest absolute Gasteiger partial charge is 0.359 e. The molecule has 3 aliphatic rings. The molecule has 0 saturated carbocycles. The summed E-state index contributed by atoms with van der Waals surface area (Å²) in [6.45, 7) is 4.23. The van der Waals surface area contributed by atoms with Crippen LogP contribution >= 0.6 is 0 Å². The minimum absolute atomic E-state index is 0.147. The van der Waals surface area contributed by atoms with Crippen LogP contribution in [0.2, 0.25) is 0 Å². The zero-order chi connectivity index (χ0) is 16.2. The van der Waals surface area contributed by atoms with Crippen LogP contribution in [0.3, 0.4) is 0 Å². The van der Waals surface area contributed by atoms with Gasteiger partial charge in [-0.05, 0) is 19.3 Å². The normalized spacial score (nSPS) is 40.3. The lowest BCUT2D eigenvalue weighted by molar-refractivity contribution is -0.150. The molecule has 7 nitrogen and oxygen atoms in total. The predicted molar refractivity (Wildman–Crippen MR) is 74.1 cm³/mol. The molecule has 0 bridgehead atoms. The number of terminal acetylenes is 1. The van der Waals surface area contributed by atoms with Gasteiger partial charge < -0.3 is 14.4 Å².